The van der Waals surface area contributed by atoms with Gasteiger partial charge in [-0.3, -0.25) is 0 Å². The Bertz CT molecular complexity index is 485. The van der Waals surface area contributed by atoms with Crippen LogP contribution in [0.4, 0.5) is 0 Å². The molecule has 1 heterocycles. The van der Waals surface area contributed by atoms with E-state index in [9.17, 15) is 9.59 Å². The molecule has 0 amide bonds. The lowest BCUT2D eigenvalue weighted by atomic mass is 10.1. The Balaban J connectivity index is 3.18. The van der Waals surface area contributed by atoms with Gasteiger partial charge in [-0.15, -0.1) is 0 Å². The molecule has 5 nitrogen and oxygen atoms in total. The summed E-state index contributed by atoms with van der Waals surface area (Å²) in [6, 6.07) is 0. The van der Waals surface area contributed by atoms with Crippen LogP contribution < -0.4 is 0 Å². The lowest BCUT2D eigenvalue weighted by molar-refractivity contribution is -0.131. The van der Waals surface area contributed by atoms with Crippen molar-refractivity contribution in [3.8, 4) is 0 Å². The number of aromatic nitrogens is 1. The third-order valence-electron chi connectivity index (χ3n) is 2.61. The number of carbonyl (C=O) groups is 2. The highest BCUT2D eigenvalue weighted by molar-refractivity contribution is 5.92. The second-order valence-corrected chi connectivity index (χ2v) is 3.76. The van der Waals surface area contributed by atoms with E-state index in [-0.39, 0.29) is 0 Å². The molecular weight excluding hydrogens is 234 g/mol. The normalized spacial score (nSPS) is 10.8. The molecule has 0 bridgehead atoms. The molecule has 0 spiro atoms. The van der Waals surface area contributed by atoms with Gasteiger partial charge < -0.3 is 14.8 Å². The predicted octanol–water partition coefficient (Wildman–Crippen LogP) is 2.16. The van der Waals surface area contributed by atoms with Crippen LogP contribution in [-0.4, -0.2) is 28.6 Å². The van der Waals surface area contributed by atoms with E-state index in [1.807, 2.05) is 6.92 Å². The van der Waals surface area contributed by atoms with E-state index in [1.165, 1.54) is 6.08 Å². The van der Waals surface area contributed by atoms with Gasteiger partial charge >= 0.3 is 11.9 Å². The van der Waals surface area contributed by atoms with Crippen molar-refractivity contribution in [3.05, 3.63) is 28.6 Å². The zero-order chi connectivity index (χ0) is 13.7. The van der Waals surface area contributed by atoms with Gasteiger partial charge in [-0.2, -0.15) is 0 Å². The number of H-pyrrole nitrogens is 1. The summed E-state index contributed by atoms with van der Waals surface area (Å²) in [6.45, 7) is 5.74. The van der Waals surface area contributed by atoms with Gasteiger partial charge in [0.1, 0.15) is 5.69 Å². The van der Waals surface area contributed by atoms with Gasteiger partial charge in [0.2, 0.25) is 0 Å². The number of esters is 1. The first-order chi connectivity index (χ1) is 8.51. The van der Waals surface area contributed by atoms with Gasteiger partial charge in [-0.1, -0.05) is 6.92 Å². The van der Waals surface area contributed by atoms with Crippen LogP contribution in [0.2, 0.25) is 0 Å². The highest BCUT2D eigenvalue weighted by Gasteiger charge is 2.17. The highest BCUT2D eigenvalue weighted by atomic mass is 16.5. The van der Waals surface area contributed by atoms with Crippen molar-refractivity contribution in [2.24, 2.45) is 0 Å². The van der Waals surface area contributed by atoms with Crippen molar-refractivity contribution in [2.45, 2.75) is 27.2 Å². The van der Waals surface area contributed by atoms with Crippen molar-refractivity contribution in [3.63, 3.8) is 0 Å². The number of rotatable bonds is 5. The quantitative estimate of drug-likeness (QED) is 0.620. The number of aromatic amines is 1. The Morgan fingerprint density at radius 1 is 1.39 bits per heavy atom. The fourth-order valence-corrected chi connectivity index (χ4v) is 1.74. The summed E-state index contributed by atoms with van der Waals surface area (Å²) in [6.07, 6.45) is 3.24. The van der Waals surface area contributed by atoms with E-state index in [1.54, 1.807) is 13.8 Å². The maximum absolute atomic E-state index is 11.7. The number of aryl methyl sites for hydroxylation is 1. The molecule has 0 unspecified atom stereocenters. The molecule has 0 aliphatic carbocycles. The molecule has 0 aromatic carbocycles. The van der Waals surface area contributed by atoms with Gasteiger partial charge in [-0.05, 0) is 37.5 Å². The second-order valence-electron chi connectivity index (χ2n) is 3.76. The van der Waals surface area contributed by atoms with Crippen LogP contribution in [0.5, 0.6) is 0 Å². The summed E-state index contributed by atoms with van der Waals surface area (Å²) in [4.78, 5) is 25.2. The van der Waals surface area contributed by atoms with E-state index < -0.39 is 11.9 Å². The van der Waals surface area contributed by atoms with Crippen LogP contribution in [0.15, 0.2) is 6.08 Å². The Morgan fingerprint density at radius 2 is 2.06 bits per heavy atom. The summed E-state index contributed by atoms with van der Waals surface area (Å²) in [7, 11) is 0. The third-order valence-corrected chi connectivity index (χ3v) is 2.61. The number of hydrogen-bond donors (Lipinski definition) is 2. The molecule has 1 aromatic heterocycles. The molecule has 0 radical (unpaired) electrons. The molecule has 0 aliphatic heterocycles. The first kappa shape index (κ1) is 14.0. The fourth-order valence-electron chi connectivity index (χ4n) is 1.74. The maximum atomic E-state index is 11.7. The molecule has 18 heavy (non-hydrogen) atoms. The van der Waals surface area contributed by atoms with E-state index in [0.29, 0.717) is 24.3 Å². The number of hydrogen-bond acceptors (Lipinski definition) is 3. The number of carboxylic acids is 1. The molecule has 5 heteroatoms. The van der Waals surface area contributed by atoms with Gasteiger partial charge in [0.15, 0.2) is 0 Å². The molecule has 0 aliphatic rings. The fraction of sp³-hybridized carbons (Fsp3) is 0.385. The molecule has 1 aromatic rings. The number of carboxylic acid groups (broad SMARTS) is 1. The number of ether oxygens (including phenoxy) is 1. The number of aliphatic carboxylic acids is 1. The van der Waals surface area contributed by atoms with E-state index >= 15 is 0 Å². The minimum absolute atomic E-state index is 0.305. The molecule has 0 saturated heterocycles. The van der Waals surface area contributed by atoms with Crippen molar-refractivity contribution >= 4 is 18.0 Å². The summed E-state index contributed by atoms with van der Waals surface area (Å²) < 4.78 is 4.94. The van der Waals surface area contributed by atoms with E-state index in [4.69, 9.17) is 9.84 Å². The van der Waals surface area contributed by atoms with Gasteiger partial charge in [0, 0.05) is 11.8 Å². The summed E-state index contributed by atoms with van der Waals surface area (Å²) in [5.74, 6) is -1.44. The van der Waals surface area contributed by atoms with Crippen molar-refractivity contribution in [1.29, 1.82) is 0 Å². The van der Waals surface area contributed by atoms with Crippen molar-refractivity contribution in [1.82, 2.24) is 4.98 Å². The van der Waals surface area contributed by atoms with Crippen LogP contribution in [0, 0.1) is 6.92 Å². The summed E-state index contributed by atoms with van der Waals surface area (Å²) in [5.41, 5.74) is 2.66. The lowest BCUT2D eigenvalue weighted by Gasteiger charge is -2.00. The lowest BCUT2D eigenvalue weighted by Crippen LogP contribution is -2.06. The van der Waals surface area contributed by atoms with Gasteiger partial charge in [0.25, 0.3) is 0 Å². The Labute approximate surface area is 105 Å². The highest BCUT2D eigenvalue weighted by Crippen LogP contribution is 2.21. The Hall–Kier alpha value is -2.04. The number of nitrogens with one attached hydrogen (secondary N) is 1. The predicted molar refractivity (Wildman–Crippen MR) is 67.5 cm³/mol. The maximum Gasteiger partial charge on any atom is 0.355 e. The SMILES string of the molecule is CCOC(=O)c1[nH]c(CC)c(/C=C/C(=O)O)c1C. The van der Waals surface area contributed by atoms with Crippen LogP contribution in [0.1, 0.15) is 41.2 Å². The topological polar surface area (TPSA) is 79.4 Å². The monoisotopic (exact) mass is 251 g/mol. The summed E-state index contributed by atoms with van der Waals surface area (Å²) >= 11 is 0. The second kappa shape index (κ2) is 6.05. The average molecular weight is 251 g/mol. The molecule has 0 fully saturated rings. The molecule has 0 saturated carbocycles. The Kier molecular flexibility index (Phi) is 4.71. The van der Waals surface area contributed by atoms with Crippen molar-refractivity contribution < 1.29 is 19.4 Å². The third kappa shape index (κ3) is 3.00. The van der Waals surface area contributed by atoms with Crippen LogP contribution in [0.25, 0.3) is 6.08 Å². The van der Waals surface area contributed by atoms with Gasteiger partial charge in [-0.25, -0.2) is 9.59 Å². The average Bonchev–Trinajstić information content (AvgIpc) is 2.63. The molecular formula is C13H17NO4. The molecule has 98 valence electrons. The summed E-state index contributed by atoms with van der Waals surface area (Å²) in [5, 5.41) is 8.64. The van der Waals surface area contributed by atoms with E-state index in [2.05, 4.69) is 4.98 Å². The minimum atomic E-state index is -1.02. The van der Waals surface area contributed by atoms with Crippen LogP contribution in [0.3, 0.4) is 0 Å². The van der Waals surface area contributed by atoms with Gasteiger partial charge in [0.05, 0.1) is 6.61 Å². The minimum Gasteiger partial charge on any atom is -0.478 e. The largest absolute Gasteiger partial charge is 0.478 e. The first-order valence-electron chi connectivity index (χ1n) is 5.80. The van der Waals surface area contributed by atoms with Crippen LogP contribution >= 0.6 is 0 Å². The number of carbonyl (C=O) groups excluding carboxylic acids is 1. The van der Waals surface area contributed by atoms with Crippen LogP contribution in [-0.2, 0) is 16.0 Å². The zero-order valence-electron chi connectivity index (χ0n) is 10.7. The first-order valence-corrected chi connectivity index (χ1v) is 5.80. The smallest absolute Gasteiger partial charge is 0.355 e. The standard InChI is InChI=1S/C13H17NO4/c1-4-10-9(6-7-11(15)16)8(3)12(14-10)13(17)18-5-2/h6-7,14H,4-5H2,1-3H3,(H,15,16)/b7-6+. The molecule has 1 rings (SSSR count). The zero-order valence-corrected chi connectivity index (χ0v) is 10.7. The molecule has 0 atom stereocenters. The van der Waals surface area contributed by atoms with Crippen molar-refractivity contribution in [2.75, 3.05) is 6.61 Å². The Morgan fingerprint density at radius 3 is 2.56 bits per heavy atom. The molecule has 2 N–H and O–H groups in total. The van der Waals surface area contributed by atoms with E-state index in [0.717, 1.165) is 17.3 Å².